The van der Waals surface area contributed by atoms with Crippen molar-refractivity contribution in [1.29, 1.82) is 0 Å². The number of aromatic nitrogens is 3. The van der Waals surface area contributed by atoms with Gasteiger partial charge in [-0.15, -0.1) is 0 Å². The molecule has 0 spiro atoms. The van der Waals surface area contributed by atoms with Crippen LogP contribution < -0.4 is 16.0 Å². The van der Waals surface area contributed by atoms with E-state index >= 15 is 0 Å². The monoisotopic (exact) mass is 406 g/mol. The lowest BCUT2D eigenvalue weighted by Gasteiger charge is -2.19. The lowest BCUT2D eigenvalue weighted by molar-refractivity contribution is 0.0526. The Balaban J connectivity index is 1.66. The molecule has 0 unspecified atom stereocenters. The first-order valence-corrected chi connectivity index (χ1v) is 9.26. The van der Waals surface area contributed by atoms with E-state index in [2.05, 4.69) is 35.6 Å². The fourth-order valence-electron chi connectivity index (χ4n) is 2.31. The van der Waals surface area contributed by atoms with E-state index in [-0.39, 0.29) is 17.2 Å². The molecule has 0 aliphatic carbocycles. The molecule has 4 N–H and O–H groups in total. The molecule has 0 saturated heterocycles. The van der Waals surface area contributed by atoms with Crippen molar-refractivity contribution in [3.63, 3.8) is 0 Å². The predicted octanol–water partition coefficient (Wildman–Crippen LogP) is 2.07. The Morgan fingerprint density at radius 1 is 1.10 bits per heavy atom. The standard InChI is InChI=1S/C18H26N6O5/c1-18(2,3)29-17(27)20-9-6-4-5-8-19-15(25)13-14(22-11-21-13)16(26)23-12-7-10-28-24-12/h7,10-11H,4-6,8-9H2,1-3H3,(H,19,25)(H,20,27)(H,21,22)(H,23,24,26). The molecule has 0 saturated carbocycles. The highest BCUT2D eigenvalue weighted by molar-refractivity contribution is 6.09. The number of carbonyl (C=O) groups excluding carboxylic acids is 3. The zero-order valence-electron chi connectivity index (χ0n) is 16.7. The third-order valence-corrected chi connectivity index (χ3v) is 3.57. The number of unbranched alkanes of at least 4 members (excludes halogenated alkanes) is 2. The van der Waals surface area contributed by atoms with Gasteiger partial charge in [0.1, 0.15) is 17.6 Å². The van der Waals surface area contributed by atoms with Gasteiger partial charge in [0.05, 0.1) is 6.33 Å². The van der Waals surface area contributed by atoms with Crippen LogP contribution in [0.2, 0.25) is 0 Å². The Bertz CT molecular complexity index is 809. The van der Waals surface area contributed by atoms with E-state index in [1.165, 1.54) is 18.7 Å². The first-order valence-electron chi connectivity index (χ1n) is 9.26. The molecule has 11 heteroatoms. The summed E-state index contributed by atoms with van der Waals surface area (Å²) in [5.74, 6) is -0.775. The van der Waals surface area contributed by atoms with Crippen molar-refractivity contribution in [3.05, 3.63) is 30.0 Å². The van der Waals surface area contributed by atoms with Crippen molar-refractivity contribution >= 4 is 23.7 Å². The van der Waals surface area contributed by atoms with Crippen LogP contribution in [0, 0.1) is 0 Å². The van der Waals surface area contributed by atoms with Crippen LogP contribution in [0.15, 0.2) is 23.2 Å². The van der Waals surface area contributed by atoms with Gasteiger partial charge < -0.3 is 30.2 Å². The minimum absolute atomic E-state index is 0.0351. The van der Waals surface area contributed by atoms with Crippen LogP contribution >= 0.6 is 0 Å². The summed E-state index contributed by atoms with van der Waals surface area (Å²) in [4.78, 5) is 42.5. The predicted molar refractivity (Wildman–Crippen MR) is 103 cm³/mol. The maximum atomic E-state index is 12.3. The number of amides is 3. The number of rotatable bonds is 9. The van der Waals surface area contributed by atoms with Crippen LogP contribution in [0.5, 0.6) is 0 Å². The van der Waals surface area contributed by atoms with Crippen LogP contribution in [0.25, 0.3) is 0 Å². The van der Waals surface area contributed by atoms with E-state index in [9.17, 15) is 14.4 Å². The maximum Gasteiger partial charge on any atom is 0.407 e. The molecule has 29 heavy (non-hydrogen) atoms. The van der Waals surface area contributed by atoms with E-state index in [1.807, 2.05) is 0 Å². The largest absolute Gasteiger partial charge is 0.444 e. The molecule has 2 aromatic rings. The lowest BCUT2D eigenvalue weighted by atomic mass is 10.2. The fraction of sp³-hybridized carbons (Fsp3) is 0.500. The smallest absolute Gasteiger partial charge is 0.407 e. The first kappa shape index (κ1) is 21.9. The second-order valence-corrected chi connectivity index (χ2v) is 7.21. The SMILES string of the molecule is CC(C)(C)OC(=O)NCCCCCNC(=O)c1[nH]cnc1C(=O)Nc1ccon1. The molecule has 0 bridgehead atoms. The van der Waals surface area contributed by atoms with Crippen LogP contribution in [0.1, 0.15) is 61.0 Å². The molecule has 2 aromatic heterocycles. The molecule has 11 nitrogen and oxygen atoms in total. The number of hydrogen-bond acceptors (Lipinski definition) is 7. The van der Waals surface area contributed by atoms with Crippen molar-refractivity contribution in [1.82, 2.24) is 25.8 Å². The average molecular weight is 406 g/mol. The minimum Gasteiger partial charge on any atom is -0.444 e. The van der Waals surface area contributed by atoms with Crippen molar-refractivity contribution < 1.29 is 23.6 Å². The van der Waals surface area contributed by atoms with Gasteiger partial charge in [-0.3, -0.25) is 9.59 Å². The molecule has 158 valence electrons. The normalized spacial score (nSPS) is 11.0. The zero-order chi connectivity index (χ0) is 21.3. The highest BCUT2D eigenvalue weighted by Crippen LogP contribution is 2.08. The highest BCUT2D eigenvalue weighted by atomic mass is 16.6. The van der Waals surface area contributed by atoms with Crippen LogP contribution in [-0.4, -0.2) is 51.7 Å². The van der Waals surface area contributed by atoms with Gasteiger partial charge in [0.15, 0.2) is 11.5 Å². The number of ether oxygens (including phenoxy) is 1. The van der Waals surface area contributed by atoms with Crippen molar-refractivity contribution in [2.24, 2.45) is 0 Å². The van der Waals surface area contributed by atoms with Crippen LogP contribution in [0.4, 0.5) is 10.6 Å². The number of hydrogen-bond donors (Lipinski definition) is 4. The summed E-state index contributed by atoms with van der Waals surface area (Å²) in [7, 11) is 0. The molecule has 0 aliphatic rings. The number of alkyl carbamates (subject to hydrolysis) is 1. The molecular formula is C18H26N6O5. The summed E-state index contributed by atoms with van der Waals surface area (Å²) >= 11 is 0. The molecule has 2 heterocycles. The third kappa shape index (κ3) is 7.64. The maximum absolute atomic E-state index is 12.3. The van der Waals surface area contributed by atoms with Crippen molar-refractivity contribution in [3.8, 4) is 0 Å². The van der Waals surface area contributed by atoms with E-state index in [0.29, 0.717) is 13.1 Å². The van der Waals surface area contributed by atoms with Crippen LogP contribution in [-0.2, 0) is 4.74 Å². The van der Waals surface area contributed by atoms with Crippen molar-refractivity contribution in [2.45, 2.75) is 45.6 Å². The number of anilines is 1. The van der Waals surface area contributed by atoms with Gasteiger partial charge in [0.2, 0.25) is 0 Å². The average Bonchev–Trinajstić information content (AvgIpc) is 3.30. The molecule has 0 fully saturated rings. The third-order valence-electron chi connectivity index (χ3n) is 3.57. The molecule has 0 atom stereocenters. The van der Waals surface area contributed by atoms with Gasteiger partial charge in [-0.25, -0.2) is 9.78 Å². The van der Waals surface area contributed by atoms with E-state index in [1.54, 1.807) is 20.8 Å². The number of carbonyl (C=O) groups is 3. The van der Waals surface area contributed by atoms with Gasteiger partial charge in [-0.05, 0) is 40.0 Å². The van der Waals surface area contributed by atoms with Gasteiger partial charge >= 0.3 is 6.09 Å². The Morgan fingerprint density at radius 2 is 1.83 bits per heavy atom. The summed E-state index contributed by atoms with van der Waals surface area (Å²) in [6.45, 7) is 6.33. The molecule has 0 aliphatic heterocycles. The molecular weight excluding hydrogens is 380 g/mol. The minimum atomic E-state index is -0.571. The van der Waals surface area contributed by atoms with E-state index in [0.717, 1.165) is 19.3 Å². The molecule has 0 aromatic carbocycles. The van der Waals surface area contributed by atoms with E-state index < -0.39 is 23.5 Å². The molecule has 2 rings (SSSR count). The van der Waals surface area contributed by atoms with E-state index in [4.69, 9.17) is 4.74 Å². The number of H-pyrrole nitrogens is 1. The Morgan fingerprint density at radius 3 is 2.48 bits per heavy atom. The molecule has 3 amide bonds. The second kappa shape index (κ2) is 10.2. The zero-order valence-corrected chi connectivity index (χ0v) is 16.7. The fourth-order valence-corrected chi connectivity index (χ4v) is 2.31. The first-order chi connectivity index (χ1) is 13.8. The highest BCUT2D eigenvalue weighted by Gasteiger charge is 2.21. The van der Waals surface area contributed by atoms with Gasteiger partial charge in [-0.1, -0.05) is 5.16 Å². The lowest BCUT2D eigenvalue weighted by Crippen LogP contribution is -2.33. The Hall–Kier alpha value is -3.37. The van der Waals surface area contributed by atoms with Gasteiger partial charge in [-0.2, -0.15) is 0 Å². The second-order valence-electron chi connectivity index (χ2n) is 7.21. The van der Waals surface area contributed by atoms with Crippen LogP contribution in [0.3, 0.4) is 0 Å². The van der Waals surface area contributed by atoms with Crippen molar-refractivity contribution in [2.75, 3.05) is 18.4 Å². The Kier molecular flexibility index (Phi) is 7.75. The van der Waals surface area contributed by atoms with Gasteiger partial charge in [0.25, 0.3) is 11.8 Å². The Labute approximate surface area is 168 Å². The van der Waals surface area contributed by atoms with Gasteiger partial charge in [0, 0.05) is 19.2 Å². The summed E-state index contributed by atoms with van der Waals surface area (Å²) in [6.07, 6.45) is 4.42. The summed E-state index contributed by atoms with van der Waals surface area (Å²) in [6, 6.07) is 1.47. The quantitative estimate of drug-likeness (QED) is 0.465. The number of aromatic amines is 1. The topological polar surface area (TPSA) is 151 Å². The number of nitrogens with one attached hydrogen (secondary N) is 4. The summed E-state index contributed by atoms with van der Waals surface area (Å²) in [5, 5.41) is 11.5. The summed E-state index contributed by atoms with van der Waals surface area (Å²) in [5.41, 5.74) is -0.490. The summed E-state index contributed by atoms with van der Waals surface area (Å²) < 4.78 is 9.78. The molecule has 0 radical (unpaired) electrons. The number of nitrogens with zero attached hydrogens (tertiary/aromatic N) is 2. The number of imidazole rings is 1.